The van der Waals surface area contributed by atoms with Gasteiger partial charge in [-0.05, 0) is 37.3 Å². The lowest BCUT2D eigenvalue weighted by atomic mass is 10.0. The van der Waals surface area contributed by atoms with Crippen LogP contribution in [0.5, 0.6) is 11.5 Å². The second kappa shape index (κ2) is 11.2. The van der Waals surface area contributed by atoms with Crippen molar-refractivity contribution in [3.63, 3.8) is 0 Å². The van der Waals surface area contributed by atoms with Crippen LogP contribution in [-0.4, -0.2) is 49.9 Å². The number of methoxy groups -OCH3 is 1. The molecule has 0 spiro atoms. The molecule has 1 aliphatic heterocycles. The first-order valence-corrected chi connectivity index (χ1v) is 10.2. The van der Waals surface area contributed by atoms with Gasteiger partial charge < -0.3 is 19.7 Å². The zero-order valence-electron chi connectivity index (χ0n) is 16.2. The molecule has 1 heterocycles. The van der Waals surface area contributed by atoms with Crippen LogP contribution in [0.25, 0.3) is 0 Å². The third-order valence-corrected chi connectivity index (χ3v) is 5.56. The highest BCUT2D eigenvalue weighted by Crippen LogP contribution is 2.31. The number of hydrogen-bond donors (Lipinski definition) is 1. The maximum Gasteiger partial charge on any atom is 0.233 e. The molecule has 1 amide bonds. The van der Waals surface area contributed by atoms with Crippen molar-refractivity contribution in [2.24, 2.45) is 0 Å². The van der Waals surface area contributed by atoms with Gasteiger partial charge in [0.25, 0.3) is 0 Å². The predicted octanol–water partition coefficient (Wildman–Crippen LogP) is 3.78. The molecule has 1 saturated heterocycles. The van der Waals surface area contributed by atoms with Crippen LogP contribution in [0.4, 0.5) is 0 Å². The molecule has 0 radical (unpaired) electrons. The third kappa shape index (κ3) is 5.56. The molecule has 0 aliphatic carbocycles. The van der Waals surface area contributed by atoms with Crippen LogP contribution in [-0.2, 0) is 4.79 Å². The van der Waals surface area contributed by atoms with Gasteiger partial charge in [-0.15, -0.1) is 24.2 Å². The second-order valence-corrected chi connectivity index (χ2v) is 7.29. The fraction of sp³-hybridized carbons (Fsp3) is 0.381. The highest BCUT2D eigenvalue weighted by Gasteiger charge is 2.29. The minimum absolute atomic E-state index is 0. The highest BCUT2D eigenvalue weighted by molar-refractivity contribution is 8.00. The molecule has 1 fully saturated rings. The summed E-state index contributed by atoms with van der Waals surface area (Å²) in [5.41, 5.74) is 1.05. The molecule has 1 atom stereocenters. The van der Waals surface area contributed by atoms with Gasteiger partial charge in [0.05, 0.1) is 25.5 Å². The molecular formula is C21H27ClN2O3S. The summed E-state index contributed by atoms with van der Waals surface area (Å²) < 4.78 is 11.0. The summed E-state index contributed by atoms with van der Waals surface area (Å²) in [6, 6.07) is 15.8. The lowest BCUT2D eigenvalue weighted by Gasteiger charge is -2.37. The average molecular weight is 423 g/mol. The first kappa shape index (κ1) is 22.4. The van der Waals surface area contributed by atoms with Crippen LogP contribution in [0.3, 0.4) is 0 Å². The molecule has 7 heteroatoms. The summed E-state index contributed by atoms with van der Waals surface area (Å²) in [7, 11) is 1.67. The maximum absolute atomic E-state index is 12.9. The van der Waals surface area contributed by atoms with Gasteiger partial charge in [-0.2, -0.15) is 0 Å². The normalized spacial score (nSPS) is 16.2. The van der Waals surface area contributed by atoms with Gasteiger partial charge in [0.15, 0.2) is 0 Å². The molecule has 1 unspecified atom stereocenters. The predicted molar refractivity (Wildman–Crippen MR) is 116 cm³/mol. The number of piperazine rings is 1. The van der Waals surface area contributed by atoms with Crippen LogP contribution in [0.2, 0.25) is 0 Å². The van der Waals surface area contributed by atoms with Crippen LogP contribution in [0, 0.1) is 0 Å². The van der Waals surface area contributed by atoms with E-state index in [1.54, 1.807) is 18.9 Å². The Labute approximate surface area is 177 Å². The Bertz CT molecular complexity index is 758. The number of nitrogens with one attached hydrogen (secondary N) is 1. The lowest BCUT2D eigenvalue weighted by Crippen LogP contribution is -2.49. The molecular weight excluding hydrogens is 396 g/mol. The zero-order chi connectivity index (χ0) is 19.1. The summed E-state index contributed by atoms with van der Waals surface area (Å²) in [6.07, 6.45) is 0. The van der Waals surface area contributed by atoms with Crippen molar-refractivity contribution in [3.05, 3.63) is 54.1 Å². The molecule has 152 valence electrons. The number of rotatable bonds is 7. The molecule has 2 aromatic carbocycles. The number of nitrogens with zero attached hydrogens (tertiary/aromatic N) is 1. The van der Waals surface area contributed by atoms with E-state index >= 15 is 0 Å². The van der Waals surface area contributed by atoms with Crippen LogP contribution < -0.4 is 14.8 Å². The summed E-state index contributed by atoms with van der Waals surface area (Å²) in [4.78, 5) is 16.0. The Kier molecular flexibility index (Phi) is 8.96. The number of para-hydroxylation sites is 1. The van der Waals surface area contributed by atoms with Crippen molar-refractivity contribution in [3.8, 4) is 11.5 Å². The summed E-state index contributed by atoms with van der Waals surface area (Å²) in [5.74, 6) is 2.24. The minimum Gasteiger partial charge on any atom is -0.496 e. The van der Waals surface area contributed by atoms with Crippen molar-refractivity contribution in [1.29, 1.82) is 0 Å². The Morgan fingerprint density at radius 3 is 2.68 bits per heavy atom. The van der Waals surface area contributed by atoms with Gasteiger partial charge in [-0.1, -0.05) is 18.2 Å². The van der Waals surface area contributed by atoms with Crippen LogP contribution in [0.15, 0.2) is 53.4 Å². The SMILES string of the molecule is CCOc1ccc(SCC(=O)N2CCNCC2c2ccccc2OC)cc1.Cl. The van der Waals surface area contributed by atoms with Gasteiger partial charge in [0.2, 0.25) is 5.91 Å². The maximum atomic E-state index is 12.9. The van der Waals surface area contributed by atoms with E-state index in [0.29, 0.717) is 18.9 Å². The zero-order valence-corrected chi connectivity index (χ0v) is 17.9. The molecule has 1 aliphatic rings. The summed E-state index contributed by atoms with van der Waals surface area (Å²) >= 11 is 1.56. The van der Waals surface area contributed by atoms with E-state index < -0.39 is 0 Å². The van der Waals surface area contributed by atoms with Crippen molar-refractivity contribution in [2.45, 2.75) is 17.9 Å². The second-order valence-electron chi connectivity index (χ2n) is 6.24. The number of thioether (sulfide) groups is 1. The highest BCUT2D eigenvalue weighted by atomic mass is 35.5. The van der Waals surface area contributed by atoms with Crippen molar-refractivity contribution >= 4 is 30.1 Å². The molecule has 28 heavy (non-hydrogen) atoms. The first-order chi connectivity index (χ1) is 13.2. The summed E-state index contributed by atoms with van der Waals surface area (Å²) in [5, 5.41) is 3.39. The lowest BCUT2D eigenvalue weighted by molar-refractivity contribution is -0.131. The largest absolute Gasteiger partial charge is 0.496 e. The monoisotopic (exact) mass is 422 g/mol. The number of carbonyl (C=O) groups excluding carboxylic acids is 1. The molecule has 1 N–H and O–H groups in total. The van der Waals surface area contributed by atoms with E-state index in [1.807, 2.05) is 60.4 Å². The van der Waals surface area contributed by atoms with E-state index in [4.69, 9.17) is 9.47 Å². The smallest absolute Gasteiger partial charge is 0.233 e. The molecule has 0 saturated carbocycles. The van der Waals surface area contributed by atoms with Crippen LogP contribution >= 0.6 is 24.2 Å². The van der Waals surface area contributed by atoms with Gasteiger partial charge in [0, 0.05) is 30.1 Å². The standard InChI is InChI=1S/C21H26N2O3S.ClH/c1-3-26-16-8-10-17(11-9-16)27-15-21(24)23-13-12-22-14-19(23)18-6-4-5-7-20(18)25-2;/h4-11,19,22H,3,12-15H2,1-2H3;1H. The van der Waals surface area contributed by atoms with Crippen molar-refractivity contribution in [2.75, 3.05) is 39.1 Å². The quantitative estimate of drug-likeness (QED) is 0.688. The van der Waals surface area contributed by atoms with E-state index in [9.17, 15) is 4.79 Å². The molecule has 5 nitrogen and oxygen atoms in total. The van der Waals surface area contributed by atoms with Crippen molar-refractivity contribution in [1.82, 2.24) is 10.2 Å². The number of halogens is 1. The van der Waals surface area contributed by atoms with Gasteiger partial charge in [-0.3, -0.25) is 4.79 Å². The number of benzene rings is 2. The van der Waals surface area contributed by atoms with Gasteiger partial charge >= 0.3 is 0 Å². The van der Waals surface area contributed by atoms with Gasteiger partial charge in [-0.25, -0.2) is 0 Å². The Balaban J connectivity index is 0.00000280. The average Bonchev–Trinajstić information content (AvgIpc) is 2.73. The summed E-state index contributed by atoms with van der Waals surface area (Å²) in [6.45, 7) is 4.86. The van der Waals surface area contributed by atoms with Gasteiger partial charge in [0.1, 0.15) is 11.5 Å². The Hall–Kier alpha value is -1.89. The van der Waals surface area contributed by atoms with E-state index in [2.05, 4.69) is 5.32 Å². The molecule has 0 aromatic heterocycles. The molecule has 0 bridgehead atoms. The minimum atomic E-state index is -0.0108. The molecule has 2 aromatic rings. The Morgan fingerprint density at radius 2 is 1.96 bits per heavy atom. The third-order valence-electron chi connectivity index (χ3n) is 4.56. The van der Waals surface area contributed by atoms with Crippen molar-refractivity contribution < 1.29 is 14.3 Å². The topological polar surface area (TPSA) is 50.8 Å². The fourth-order valence-electron chi connectivity index (χ4n) is 3.25. The van der Waals surface area contributed by atoms with E-state index in [0.717, 1.165) is 35.0 Å². The Morgan fingerprint density at radius 1 is 1.21 bits per heavy atom. The van der Waals surface area contributed by atoms with Crippen LogP contribution in [0.1, 0.15) is 18.5 Å². The molecule has 3 rings (SSSR count). The number of hydrogen-bond acceptors (Lipinski definition) is 5. The number of ether oxygens (including phenoxy) is 2. The first-order valence-electron chi connectivity index (χ1n) is 9.21. The number of carbonyl (C=O) groups is 1. The van der Waals surface area contributed by atoms with E-state index in [1.165, 1.54) is 0 Å². The number of amides is 1. The van der Waals surface area contributed by atoms with E-state index in [-0.39, 0.29) is 24.4 Å². The fourth-order valence-corrected chi connectivity index (χ4v) is 4.03.